The number of hydrogen-bond acceptors (Lipinski definition) is 2. The van der Waals surface area contributed by atoms with Crippen molar-refractivity contribution in [3.8, 4) is 0 Å². The van der Waals surface area contributed by atoms with E-state index >= 15 is 0 Å². The molecule has 1 aromatic carbocycles. The molecule has 0 saturated carbocycles. The fourth-order valence-corrected chi connectivity index (χ4v) is 4.56. The summed E-state index contributed by atoms with van der Waals surface area (Å²) < 4.78 is 0. The van der Waals surface area contributed by atoms with E-state index in [0.717, 1.165) is 24.4 Å². The van der Waals surface area contributed by atoms with E-state index in [4.69, 9.17) is 11.6 Å². The third kappa shape index (κ3) is 3.68. The normalized spacial score (nSPS) is 15.1. The van der Waals surface area contributed by atoms with E-state index in [1.54, 1.807) is 10.4 Å². The average Bonchev–Trinajstić information content (AvgIpc) is 3.04. The molecule has 0 fully saturated rings. The summed E-state index contributed by atoms with van der Waals surface area (Å²) in [5, 5.41) is 4.54. The van der Waals surface area contributed by atoms with E-state index < -0.39 is 0 Å². The molecule has 0 aliphatic heterocycles. The van der Waals surface area contributed by atoms with E-state index in [1.807, 2.05) is 23.5 Å². The van der Waals surface area contributed by atoms with Crippen molar-refractivity contribution in [2.24, 2.45) is 0 Å². The van der Waals surface area contributed by atoms with Crippen LogP contribution in [-0.4, -0.2) is 6.54 Å². The Kier molecular flexibility index (Phi) is 4.99. The van der Waals surface area contributed by atoms with Crippen LogP contribution in [0.25, 0.3) is 0 Å². The zero-order valence-corrected chi connectivity index (χ0v) is 14.1. The number of aryl methyl sites for hydroxylation is 2. The summed E-state index contributed by atoms with van der Waals surface area (Å²) in [7, 11) is 0. The van der Waals surface area contributed by atoms with Crippen LogP contribution in [0.15, 0.2) is 30.3 Å². The van der Waals surface area contributed by atoms with E-state index in [2.05, 4.69) is 30.4 Å². The fraction of sp³-hybridized carbons (Fsp3) is 0.444. The third-order valence-corrected chi connectivity index (χ3v) is 5.66. The molecular formula is C18H22ClNS. The molecule has 1 heterocycles. The minimum Gasteiger partial charge on any atom is -0.309 e. The highest BCUT2D eigenvalue weighted by Gasteiger charge is 2.20. The lowest BCUT2D eigenvalue weighted by molar-refractivity contribution is 0.536. The van der Waals surface area contributed by atoms with Gasteiger partial charge in [0.2, 0.25) is 0 Å². The average molecular weight is 320 g/mol. The van der Waals surface area contributed by atoms with Gasteiger partial charge in [0.1, 0.15) is 0 Å². The minimum atomic E-state index is 0.416. The lowest BCUT2D eigenvalue weighted by atomic mass is 10.0. The van der Waals surface area contributed by atoms with Gasteiger partial charge in [0.05, 0.1) is 0 Å². The van der Waals surface area contributed by atoms with E-state index in [1.165, 1.54) is 29.7 Å². The standard InChI is InChI=1S/C18H22ClNS/c1-2-9-20-16(11-13-5-3-7-15(19)10-13)18-12-14-6-4-8-17(14)21-18/h3,5,7,10,12,16,20H,2,4,6,8-9,11H2,1H3. The van der Waals surface area contributed by atoms with Crippen molar-refractivity contribution in [2.75, 3.05) is 6.54 Å². The van der Waals surface area contributed by atoms with Gasteiger partial charge in [0, 0.05) is 20.8 Å². The van der Waals surface area contributed by atoms with Gasteiger partial charge in [-0.2, -0.15) is 0 Å². The smallest absolute Gasteiger partial charge is 0.0455 e. The predicted octanol–water partition coefficient (Wildman–Crippen LogP) is 5.17. The van der Waals surface area contributed by atoms with Crippen LogP contribution in [0.3, 0.4) is 0 Å². The maximum atomic E-state index is 6.12. The summed E-state index contributed by atoms with van der Waals surface area (Å²) in [6.07, 6.45) is 6.06. The molecule has 1 atom stereocenters. The van der Waals surface area contributed by atoms with E-state index in [-0.39, 0.29) is 0 Å². The molecule has 1 N–H and O–H groups in total. The van der Waals surface area contributed by atoms with Crippen LogP contribution >= 0.6 is 22.9 Å². The van der Waals surface area contributed by atoms with Crippen molar-refractivity contribution in [2.45, 2.75) is 45.1 Å². The second-order valence-electron chi connectivity index (χ2n) is 5.79. The van der Waals surface area contributed by atoms with Gasteiger partial charge < -0.3 is 5.32 Å². The van der Waals surface area contributed by atoms with Crippen molar-refractivity contribution in [1.29, 1.82) is 0 Å². The zero-order valence-electron chi connectivity index (χ0n) is 12.5. The maximum Gasteiger partial charge on any atom is 0.0455 e. The molecule has 21 heavy (non-hydrogen) atoms. The van der Waals surface area contributed by atoms with Gasteiger partial charge in [0.25, 0.3) is 0 Å². The van der Waals surface area contributed by atoms with Gasteiger partial charge in [-0.3, -0.25) is 0 Å². The summed E-state index contributed by atoms with van der Waals surface area (Å²) in [5.74, 6) is 0. The van der Waals surface area contributed by atoms with Crippen LogP contribution in [0.4, 0.5) is 0 Å². The number of hydrogen-bond donors (Lipinski definition) is 1. The molecule has 0 saturated heterocycles. The van der Waals surface area contributed by atoms with Crippen LogP contribution in [0.1, 0.15) is 46.7 Å². The fourth-order valence-electron chi connectivity index (χ4n) is 3.02. The quantitative estimate of drug-likeness (QED) is 0.774. The third-order valence-electron chi connectivity index (χ3n) is 4.08. The van der Waals surface area contributed by atoms with Gasteiger partial charge in [0.15, 0.2) is 0 Å². The molecule has 1 aliphatic carbocycles. The number of rotatable bonds is 6. The van der Waals surface area contributed by atoms with Crippen molar-refractivity contribution in [1.82, 2.24) is 5.32 Å². The lowest BCUT2D eigenvalue weighted by Crippen LogP contribution is -2.23. The molecular weight excluding hydrogens is 298 g/mol. The molecule has 112 valence electrons. The Labute approximate surface area is 136 Å². The number of halogens is 1. The molecule has 1 nitrogen and oxygen atoms in total. The molecule has 2 aromatic rings. The molecule has 1 aromatic heterocycles. The first-order valence-electron chi connectivity index (χ1n) is 7.85. The van der Waals surface area contributed by atoms with Gasteiger partial charge in [-0.05, 0) is 68.0 Å². The first kappa shape index (κ1) is 15.1. The second kappa shape index (κ2) is 6.95. The Bertz CT molecular complexity index is 584. The first-order valence-corrected chi connectivity index (χ1v) is 9.05. The summed E-state index contributed by atoms with van der Waals surface area (Å²) in [6.45, 7) is 3.28. The van der Waals surface area contributed by atoms with Crippen LogP contribution in [0.2, 0.25) is 5.02 Å². The Balaban J connectivity index is 1.79. The van der Waals surface area contributed by atoms with Gasteiger partial charge in [-0.25, -0.2) is 0 Å². The Morgan fingerprint density at radius 1 is 1.29 bits per heavy atom. The summed E-state index contributed by atoms with van der Waals surface area (Å²) in [5.41, 5.74) is 2.90. The molecule has 1 aliphatic rings. The first-order chi connectivity index (χ1) is 10.3. The van der Waals surface area contributed by atoms with Crippen molar-refractivity contribution in [3.63, 3.8) is 0 Å². The van der Waals surface area contributed by atoms with Crippen LogP contribution in [0.5, 0.6) is 0 Å². The van der Waals surface area contributed by atoms with E-state index in [9.17, 15) is 0 Å². The zero-order chi connectivity index (χ0) is 14.7. The predicted molar refractivity (Wildman–Crippen MR) is 92.5 cm³/mol. The minimum absolute atomic E-state index is 0.416. The molecule has 1 unspecified atom stereocenters. The Hall–Kier alpha value is -0.830. The molecule has 0 amide bonds. The summed E-state index contributed by atoms with van der Waals surface area (Å²) >= 11 is 8.13. The maximum absolute atomic E-state index is 6.12. The topological polar surface area (TPSA) is 12.0 Å². The number of nitrogens with one attached hydrogen (secondary N) is 1. The number of fused-ring (bicyclic) bond motifs is 1. The SMILES string of the molecule is CCCNC(Cc1cccc(Cl)c1)c1cc2c(s1)CCC2. The lowest BCUT2D eigenvalue weighted by Gasteiger charge is -2.17. The van der Waals surface area contributed by atoms with Gasteiger partial charge in [-0.1, -0.05) is 30.7 Å². The summed E-state index contributed by atoms with van der Waals surface area (Å²) in [4.78, 5) is 3.10. The number of thiophene rings is 1. The van der Waals surface area contributed by atoms with Gasteiger partial charge in [-0.15, -0.1) is 11.3 Å². The highest BCUT2D eigenvalue weighted by Crippen LogP contribution is 2.35. The van der Waals surface area contributed by atoms with Crippen molar-refractivity contribution < 1.29 is 0 Å². The Morgan fingerprint density at radius 3 is 2.95 bits per heavy atom. The molecule has 0 spiro atoms. The molecule has 0 radical (unpaired) electrons. The molecule has 3 rings (SSSR count). The van der Waals surface area contributed by atoms with Crippen LogP contribution < -0.4 is 5.32 Å². The van der Waals surface area contributed by atoms with Crippen LogP contribution in [-0.2, 0) is 19.3 Å². The molecule has 0 bridgehead atoms. The Morgan fingerprint density at radius 2 is 2.19 bits per heavy atom. The number of benzene rings is 1. The van der Waals surface area contributed by atoms with Gasteiger partial charge >= 0.3 is 0 Å². The van der Waals surface area contributed by atoms with E-state index in [0.29, 0.717) is 6.04 Å². The monoisotopic (exact) mass is 319 g/mol. The largest absolute Gasteiger partial charge is 0.309 e. The molecule has 3 heteroatoms. The summed E-state index contributed by atoms with van der Waals surface area (Å²) in [6, 6.07) is 11.1. The van der Waals surface area contributed by atoms with Crippen molar-refractivity contribution in [3.05, 3.63) is 56.2 Å². The highest BCUT2D eigenvalue weighted by atomic mass is 35.5. The highest BCUT2D eigenvalue weighted by molar-refractivity contribution is 7.12. The van der Waals surface area contributed by atoms with Crippen LogP contribution in [0, 0.1) is 0 Å². The second-order valence-corrected chi connectivity index (χ2v) is 7.40. The van der Waals surface area contributed by atoms with Crippen molar-refractivity contribution >= 4 is 22.9 Å².